The van der Waals surface area contributed by atoms with Crippen molar-refractivity contribution in [1.82, 2.24) is 13.9 Å². The molecular formula is C21H19N3O6. The van der Waals surface area contributed by atoms with E-state index in [0.29, 0.717) is 5.69 Å². The Kier molecular flexibility index (Phi) is 3.04. The molecule has 2 bridgehead atoms. The minimum atomic E-state index is -1.50. The van der Waals surface area contributed by atoms with Gasteiger partial charge in [0.05, 0.1) is 29.8 Å². The molecule has 1 aromatic carbocycles. The number of carbonyl (C=O) groups excluding carboxylic acids is 2. The van der Waals surface area contributed by atoms with Gasteiger partial charge in [-0.2, -0.15) is 0 Å². The molecule has 2 fully saturated rings. The van der Waals surface area contributed by atoms with Crippen molar-refractivity contribution in [3.8, 4) is 5.69 Å². The maximum atomic E-state index is 13.4. The smallest absolute Gasteiger partial charge is 0.352 e. The molecule has 154 valence electrons. The summed E-state index contributed by atoms with van der Waals surface area (Å²) < 4.78 is 14.7. The van der Waals surface area contributed by atoms with Crippen LogP contribution in [-0.4, -0.2) is 38.6 Å². The SMILES string of the molecule is CCOC(=O)[C@]12C(=O)O[C@@H](C)C13[C@@H]1C=C[C@H]([C@@H]32)n2c(=O)n(-c3ccccc3)c(=O)n21. The van der Waals surface area contributed by atoms with E-state index >= 15 is 0 Å². The van der Waals surface area contributed by atoms with Crippen LogP contribution in [0.5, 0.6) is 0 Å². The Labute approximate surface area is 170 Å². The molecule has 1 saturated heterocycles. The lowest BCUT2D eigenvalue weighted by molar-refractivity contribution is -0.162. The molecule has 0 N–H and O–H groups in total. The molecule has 3 aliphatic heterocycles. The molecule has 4 heterocycles. The van der Waals surface area contributed by atoms with Gasteiger partial charge in [0.15, 0.2) is 5.41 Å². The van der Waals surface area contributed by atoms with Gasteiger partial charge in [-0.15, -0.1) is 0 Å². The number of nitrogens with zero attached hydrogens (tertiary/aromatic N) is 3. The van der Waals surface area contributed by atoms with Gasteiger partial charge in [0, 0.05) is 5.92 Å². The van der Waals surface area contributed by atoms with Crippen molar-refractivity contribution < 1.29 is 19.1 Å². The van der Waals surface area contributed by atoms with Gasteiger partial charge in [-0.1, -0.05) is 30.4 Å². The van der Waals surface area contributed by atoms with Crippen LogP contribution in [0.15, 0.2) is 52.1 Å². The quantitative estimate of drug-likeness (QED) is 0.418. The van der Waals surface area contributed by atoms with E-state index in [1.165, 1.54) is 9.36 Å². The largest absolute Gasteiger partial charge is 0.465 e. The van der Waals surface area contributed by atoms with E-state index in [1.54, 1.807) is 44.2 Å². The summed E-state index contributed by atoms with van der Waals surface area (Å²) in [6.07, 6.45) is 3.04. The molecule has 6 atom stereocenters. The molecule has 1 aromatic heterocycles. The van der Waals surface area contributed by atoms with Gasteiger partial charge in [0.1, 0.15) is 6.10 Å². The maximum Gasteiger partial charge on any atom is 0.352 e. The highest BCUT2D eigenvalue weighted by molar-refractivity contribution is 6.08. The van der Waals surface area contributed by atoms with Gasteiger partial charge in [-0.25, -0.2) is 23.5 Å². The van der Waals surface area contributed by atoms with Gasteiger partial charge >= 0.3 is 23.3 Å². The molecule has 9 heteroatoms. The van der Waals surface area contributed by atoms with Crippen LogP contribution in [0, 0.1) is 16.7 Å². The number of para-hydroxylation sites is 1. The highest BCUT2D eigenvalue weighted by Crippen LogP contribution is 2.85. The average Bonchev–Trinajstić information content (AvgIpc) is 3.27. The lowest BCUT2D eigenvalue weighted by Gasteiger charge is -2.40. The fraction of sp³-hybridized carbons (Fsp3) is 0.429. The standard InChI is InChI=1S/C21H19N3O6/c1-3-29-16(25)21-15-13-9-10-14(20(15,21)11(2)30-17(21)26)24-19(28)22(18(27)23(13)24)12-7-5-4-6-8-12/h4-11,13-15H,3H2,1-2H3/t11-,13+,14-,15-,20?,21+/m0/s1. The number of rotatable bonds is 3. The average molecular weight is 409 g/mol. The van der Waals surface area contributed by atoms with Gasteiger partial charge in [0.2, 0.25) is 0 Å². The van der Waals surface area contributed by atoms with Crippen LogP contribution in [-0.2, 0) is 19.1 Å². The first-order valence-corrected chi connectivity index (χ1v) is 10.0. The summed E-state index contributed by atoms with van der Waals surface area (Å²) >= 11 is 0. The molecule has 1 saturated carbocycles. The number of carbonyl (C=O) groups is 2. The molecule has 5 aliphatic rings. The van der Waals surface area contributed by atoms with Crippen LogP contribution < -0.4 is 11.4 Å². The number of benzene rings is 1. The molecule has 2 aromatic rings. The Morgan fingerprint density at radius 1 is 1.10 bits per heavy atom. The number of ether oxygens (including phenoxy) is 2. The summed E-state index contributed by atoms with van der Waals surface area (Å²) in [6.45, 7) is 3.55. The number of allylic oxidation sites excluding steroid dienone is 2. The number of hydrogen-bond acceptors (Lipinski definition) is 6. The maximum absolute atomic E-state index is 13.4. The third-order valence-electron chi connectivity index (χ3n) is 7.35. The van der Waals surface area contributed by atoms with Crippen LogP contribution in [0.25, 0.3) is 5.69 Å². The Bertz CT molecular complexity index is 1270. The monoisotopic (exact) mass is 409 g/mol. The third kappa shape index (κ3) is 1.51. The van der Waals surface area contributed by atoms with Crippen molar-refractivity contribution in [1.29, 1.82) is 0 Å². The van der Waals surface area contributed by atoms with E-state index in [-0.39, 0.29) is 6.61 Å². The van der Waals surface area contributed by atoms with E-state index in [1.807, 2.05) is 12.2 Å². The summed E-state index contributed by atoms with van der Waals surface area (Å²) in [7, 11) is 0. The van der Waals surface area contributed by atoms with Crippen molar-refractivity contribution in [2.24, 2.45) is 16.7 Å². The Hall–Kier alpha value is -3.36. The third-order valence-corrected chi connectivity index (χ3v) is 7.35. The van der Waals surface area contributed by atoms with E-state index in [0.717, 1.165) is 4.57 Å². The van der Waals surface area contributed by atoms with Gasteiger partial charge in [-0.3, -0.25) is 9.59 Å². The van der Waals surface area contributed by atoms with Crippen LogP contribution in [0.3, 0.4) is 0 Å². The fourth-order valence-electron chi connectivity index (χ4n) is 6.40. The van der Waals surface area contributed by atoms with Crippen LogP contribution >= 0.6 is 0 Å². The zero-order valence-electron chi connectivity index (χ0n) is 16.3. The normalized spacial score (nSPS) is 36.7. The molecule has 1 unspecified atom stereocenters. The first-order valence-electron chi connectivity index (χ1n) is 10.0. The second-order valence-corrected chi connectivity index (χ2v) is 8.23. The van der Waals surface area contributed by atoms with E-state index in [9.17, 15) is 19.2 Å². The van der Waals surface area contributed by atoms with Crippen molar-refractivity contribution in [2.45, 2.75) is 32.0 Å². The van der Waals surface area contributed by atoms with Crippen molar-refractivity contribution in [3.05, 3.63) is 63.5 Å². The molecular weight excluding hydrogens is 390 g/mol. The highest BCUT2D eigenvalue weighted by Gasteiger charge is 2.97. The van der Waals surface area contributed by atoms with Crippen LogP contribution in [0.1, 0.15) is 25.9 Å². The summed E-state index contributed by atoms with van der Waals surface area (Å²) in [5, 5.41) is 0. The van der Waals surface area contributed by atoms with E-state index in [4.69, 9.17) is 9.47 Å². The second kappa shape index (κ2) is 5.21. The van der Waals surface area contributed by atoms with Crippen LogP contribution in [0.4, 0.5) is 0 Å². The van der Waals surface area contributed by atoms with Gasteiger partial charge < -0.3 is 9.47 Å². The van der Waals surface area contributed by atoms with Crippen molar-refractivity contribution >= 4 is 11.9 Å². The summed E-state index contributed by atoms with van der Waals surface area (Å²) in [5.41, 5.74) is -2.96. The molecule has 9 nitrogen and oxygen atoms in total. The first-order chi connectivity index (χ1) is 14.4. The first kappa shape index (κ1) is 17.5. The van der Waals surface area contributed by atoms with Gasteiger partial charge in [-0.05, 0) is 26.0 Å². The predicted octanol–water partition coefficient (Wildman–Crippen LogP) is 0.577. The zero-order chi connectivity index (χ0) is 21.0. The number of esters is 2. The molecule has 1 spiro atoms. The number of hydrogen-bond donors (Lipinski definition) is 0. The Morgan fingerprint density at radius 2 is 1.80 bits per heavy atom. The predicted molar refractivity (Wildman–Crippen MR) is 102 cm³/mol. The van der Waals surface area contributed by atoms with E-state index in [2.05, 4.69) is 0 Å². The summed E-state index contributed by atoms with van der Waals surface area (Å²) in [6, 6.07) is 7.42. The molecule has 2 aliphatic carbocycles. The van der Waals surface area contributed by atoms with Gasteiger partial charge in [0.25, 0.3) is 0 Å². The number of aromatic nitrogens is 3. The lowest BCUT2D eigenvalue weighted by Crippen LogP contribution is -2.48. The van der Waals surface area contributed by atoms with Crippen molar-refractivity contribution in [3.63, 3.8) is 0 Å². The van der Waals surface area contributed by atoms with Crippen LogP contribution in [0.2, 0.25) is 0 Å². The molecule has 30 heavy (non-hydrogen) atoms. The molecule has 7 rings (SSSR count). The second-order valence-electron chi connectivity index (χ2n) is 8.23. The fourth-order valence-corrected chi connectivity index (χ4v) is 6.40. The molecule has 0 radical (unpaired) electrons. The summed E-state index contributed by atoms with van der Waals surface area (Å²) in [5.74, 6) is -1.75. The topological polar surface area (TPSA) is 102 Å². The highest BCUT2D eigenvalue weighted by atomic mass is 16.6. The van der Waals surface area contributed by atoms with E-state index < -0.39 is 58.3 Å². The minimum Gasteiger partial charge on any atom is -0.465 e. The molecule has 0 amide bonds. The lowest BCUT2D eigenvalue weighted by atomic mass is 9.79. The summed E-state index contributed by atoms with van der Waals surface area (Å²) in [4.78, 5) is 52.7. The number of cyclic esters (lactones) is 1. The minimum absolute atomic E-state index is 0.126. The Morgan fingerprint density at radius 3 is 2.50 bits per heavy atom. The van der Waals surface area contributed by atoms with Crippen molar-refractivity contribution in [2.75, 3.05) is 6.61 Å². The Balaban J connectivity index is 1.61. The zero-order valence-corrected chi connectivity index (χ0v) is 16.3.